The zero-order valence-electron chi connectivity index (χ0n) is 9.27. The molecule has 17 heavy (non-hydrogen) atoms. The van der Waals surface area contributed by atoms with Gasteiger partial charge >= 0.3 is 0 Å². The Morgan fingerprint density at radius 2 is 1.76 bits per heavy atom. The lowest BCUT2D eigenvalue weighted by Crippen LogP contribution is -2.05. The van der Waals surface area contributed by atoms with E-state index in [9.17, 15) is 14.3 Å². The van der Waals surface area contributed by atoms with Crippen molar-refractivity contribution in [3.05, 3.63) is 65.0 Å². The second kappa shape index (κ2) is 4.37. The number of phenols is 1. The van der Waals surface area contributed by atoms with Gasteiger partial charge in [-0.15, -0.1) is 0 Å². The number of rotatable bonds is 2. The number of benzene rings is 2. The lowest BCUT2D eigenvalue weighted by molar-refractivity contribution is 0.103. The first-order valence-corrected chi connectivity index (χ1v) is 5.19. The van der Waals surface area contributed by atoms with E-state index >= 15 is 0 Å². The van der Waals surface area contributed by atoms with Crippen LogP contribution >= 0.6 is 0 Å². The van der Waals surface area contributed by atoms with Crippen molar-refractivity contribution < 1.29 is 14.3 Å². The van der Waals surface area contributed by atoms with Crippen molar-refractivity contribution in [2.24, 2.45) is 0 Å². The van der Waals surface area contributed by atoms with Crippen LogP contribution in [-0.2, 0) is 0 Å². The minimum atomic E-state index is -0.668. The normalized spacial score (nSPS) is 10.2. The predicted molar refractivity (Wildman–Crippen MR) is 62.7 cm³/mol. The number of carbonyl (C=O) groups excluding carboxylic acids is 1. The van der Waals surface area contributed by atoms with Crippen LogP contribution in [0.15, 0.2) is 42.5 Å². The third-order valence-electron chi connectivity index (χ3n) is 2.64. The van der Waals surface area contributed by atoms with Gasteiger partial charge in [-0.3, -0.25) is 4.79 Å². The molecule has 0 saturated carbocycles. The SMILES string of the molecule is Cc1c(O)ccc(C(=O)c2ccccc2)c1F. The molecule has 0 aliphatic rings. The van der Waals surface area contributed by atoms with Crippen molar-refractivity contribution in [2.45, 2.75) is 6.92 Å². The molecule has 0 heterocycles. The minimum absolute atomic E-state index is 0.0218. The van der Waals surface area contributed by atoms with Crippen LogP contribution < -0.4 is 0 Å². The third kappa shape index (κ3) is 2.04. The van der Waals surface area contributed by atoms with Crippen LogP contribution in [0, 0.1) is 12.7 Å². The van der Waals surface area contributed by atoms with Crippen LogP contribution in [0.2, 0.25) is 0 Å². The Kier molecular flexibility index (Phi) is 2.91. The van der Waals surface area contributed by atoms with E-state index < -0.39 is 5.82 Å². The zero-order chi connectivity index (χ0) is 12.4. The second-order valence-corrected chi connectivity index (χ2v) is 3.77. The Hall–Kier alpha value is -2.16. The summed E-state index contributed by atoms with van der Waals surface area (Å²) in [4.78, 5) is 12.0. The van der Waals surface area contributed by atoms with Gasteiger partial charge in [-0.2, -0.15) is 0 Å². The fourth-order valence-electron chi connectivity index (χ4n) is 1.60. The van der Waals surface area contributed by atoms with Crippen molar-refractivity contribution in [1.82, 2.24) is 0 Å². The molecular formula is C14H11FO2. The number of ketones is 1. The summed E-state index contributed by atoms with van der Waals surface area (Å²) in [5.41, 5.74) is 0.495. The molecule has 0 aliphatic heterocycles. The van der Waals surface area contributed by atoms with E-state index in [-0.39, 0.29) is 22.7 Å². The van der Waals surface area contributed by atoms with E-state index in [1.54, 1.807) is 30.3 Å². The van der Waals surface area contributed by atoms with Crippen LogP contribution in [0.25, 0.3) is 0 Å². The highest BCUT2D eigenvalue weighted by Gasteiger charge is 2.16. The number of carbonyl (C=O) groups is 1. The molecule has 0 fully saturated rings. The Bertz CT molecular complexity index is 562. The molecule has 0 radical (unpaired) electrons. The summed E-state index contributed by atoms with van der Waals surface area (Å²) < 4.78 is 13.8. The van der Waals surface area contributed by atoms with Crippen molar-refractivity contribution in [3.8, 4) is 5.75 Å². The Morgan fingerprint density at radius 3 is 2.41 bits per heavy atom. The molecule has 0 saturated heterocycles. The van der Waals surface area contributed by atoms with Gasteiger partial charge in [0, 0.05) is 11.1 Å². The predicted octanol–water partition coefficient (Wildman–Crippen LogP) is 3.07. The molecule has 0 bridgehead atoms. The lowest BCUT2D eigenvalue weighted by atomic mass is 10.0. The number of aromatic hydroxyl groups is 1. The molecule has 2 aromatic carbocycles. The Balaban J connectivity index is 2.49. The molecule has 1 N–H and O–H groups in total. The number of phenolic OH excluding ortho intramolecular Hbond substituents is 1. The van der Waals surface area contributed by atoms with Gasteiger partial charge in [-0.25, -0.2) is 4.39 Å². The maximum atomic E-state index is 13.8. The molecule has 0 aliphatic carbocycles. The van der Waals surface area contributed by atoms with E-state index in [2.05, 4.69) is 0 Å². The van der Waals surface area contributed by atoms with Gasteiger partial charge in [0.05, 0.1) is 5.56 Å². The van der Waals surface area contributed by atoms with E-state index in [1.165, 1.54) is 19.1 Å². The first-order valence-electron chi connectivity index (χ1n) is 5.19. The first kappa shape index (κ1) is 11.3. The van der Waals surface area contributed by atoms with Gasteiger partial charge in [-0.1, -0.05) is 30.3 Å². The van der Waals surface area contributed by atoms with Gasteiger partial charge in [0.2, 0.25) is 0 Å². The molecule has 0 unspecified atom stereocenters. The topological polar surface area (TPSA) is 37.3 Å². The second-order valence-electron chi connectivity index (χ2n) is 3.77. The molecule has 2 rings (SSSR count). The van der Waals surface area contributed by atoms with Gasteiger partial charge in [0.25, 0.3) is 0 Å². The van der Waals surface area contributed by atoms with E-state index in [1.807, 2.05) is 0 Å². The number of halogens is 1. The summed E-state index contributed by atoms with van der Waals surface area (Å²) in [6.07, 6.45) is 0. The van der Waals surface area contributed by atoms with Crippen LogP contribution in [-0.4, -0.2) is 10.9 Å². The first-order chi connectivity index (χ1) is 8.11. The van der Waals surface area contributed by atoms with Crippen LogP contribution in [0.3, 0.4) is 0 Å². The highest BCUT2D eigenvalue weighted by atomic mass is 19.1. The lowest BCUT2D eigenvalue weighted by Gasteiger charge is -2.06. The molecule has 2 nitrogen and oxygen atoms in total. The number of hydrogen-bond acceptors (Lipinski definition) is 2. The molecule has 0 amide bonds. The molecule has 3 heteroatoms. The average Bonchev–Trinajstić information content (AvgIpc) is 2.36. The van der Waals surface area contributed by atoms with Gasteiger partial charge < -0.3 is 5.11 Å². The molecule has 86 valence electrons. The summed E-state index contributed by atoms with van der Waals surface area (Å²) in [5.74, 6) is -1.20. The molecular weight excluding hydrogens is 219 g/mol. The molecule has 0 spiro atoms. The fourth-order valence-corrected chi connectivity index (χ4v) is 1.60. The zero-order valence-corrected chi connectivity index (χ0v) is 9.27. The maximum Gasteiger partial charge on any atom is 0.195 e. The van der Waals surface area contributed by atoms with Crippen molar-refractivity contribution in [2.75, 3.05) is 0 Å². The van der Waals surface area contributed by atoms with Gasteiger partial charge in [-0.05, 0) is 19.1 Å². The van der Waals surface area contributed by atoms with Crippen molar-refractivity contribution in [1.29, 1.82) is 0 Å². The third-order valence-corrected chi connectivity index (χ3v) is 2.64. The molecule has 0 atom stereocenters. The Labute approximate surface area is 98.3 Å². The highest BCUT2D eigenvalue weighted by Crippen LogP contribution is 2.23. The van der Waals surface area contributed by atoms with Gasteiger partial charge in [0.1, 0.15) is 11.6 Å². The summed E-state index contributed by atoms with van der Waals surface area (Å²) in [5, 5.41) is 9.33. The minimum Gasteiger partial charge on any atom is -0.508 e. The Morgan fingerprint density at radius 1 is 1.12 bits per heavy atom. The summed E-state index contributed by atoms with van der Waals surface area (Å²) >= 11 is 0. The molecule has 0 aromatic heterocycles. The highest BCUT2D eigenvalue weighted by molar-refractivity contribution is 6.09. The average molecular weight is 230 g/mol. The summed E-state index contributed by atoms with van der Waals surface area (Å²) in [6.45, 7) is 1.44. The smallest absolute Gasteiger partial charge is 0.195 e. The van der Waals surface area contributed by atoms with Crippen LogP contribution in [0.4, 0.5) is 4.39 Å². The van der Waals surface area contributed by atoms with Crippen molar-refractivity contribution >= 4 is 5.78 Å². The quantitative estimate of drug-likeness (QED) is 0.805. The van der Waals surface area contributed by atoms with E-state index in [0.29, 0.717) is 5.56 Å². The van der Waals surface area contributed by atoms with E-state index in [0.717, 1.165) is 0 Å². The maximum absolute atomic E-state index is 13.8. The van der Waals surface area contributed by atoms with E-state index in [4.69, 9.17) is 0 Å². The van der Waals surface area contributed by atoms with Gasteiger partial charge in [0.15, 0.2) is 5.78 Å². The standard InChI is InChI=1S/C14H11FO2/c1-9-12(16)8-7-11(13(9)15)14(17)10-5-3-2-4-6-10/h2-8,16H,1H3. The summed E-state index contributed by atoms with van der Waals surface area (Å²) in [7, 11) is 0. The molecule has 2 aromatic rings. The van der Waals surface area contributed by atoms with Crippen molar-refractivity contribution in [3.63, 3.8) is 0 Å². The van der Waals surface area contributed by atoms with Crippen LogP contribution in [0.1, 0.15) is 21.5 Å². The number of hydrogen-bond donors (Lipinski definition) is 1. The van der Waals surface area contributed by atoms with Crippen LogP contribution in [0.5, 0.6) is 5.75 Å². The largest absolute Gasteiger partial charge is 0.508 e. The summed E-state index contributed by atoms with van der Waals surface area (Å²) in [6, 6.07) is 11.1. The monoisotopic (exact) mass is 230 g/mol. The fraction of sp³-hybridized carbons (Fsp3) is 0.0714.